The molecule has 0 atom stereocenters. The molecule has 0 spiro atoms. The van der Waals surface area contributed by atoms with Gasteiger partial charge in [0, 0.05) is 11.6 Å². The van der Waals surface area contributed by atoms with Crippen molar-refractivity contribution in [3.63, 3.8) is 0 Å². The smallest absolute Gasteiger partial charge is 0.393 e. The third kappa shape index (κ3) is 2.81. The zero-order valence-corrected chi connectivity index (χ0v) is 9.37. The summed E-state index contributed by atoms with van der Waals surface area (Å²) in [6, 6.07) is 4.13. The molecular weight excluding hydrogens is 247 g/mol. The fourth-order valence-electron chi connectivity index (χ4n) is 1.81. The first-order valence-electron chi connectivity index (χ1n) is 5.52. The van der Waals surface area contributed by atoms with E-state index in [2.05, 4.69) is 5.32 Å². The molecular formula is C12H12F3NO2. The van der Waals surface area contributed by atoms with Crippen molar-refractivity contribution in [3.05, 3.63) is 35.4 Å². The summed E-state index contributed by atoms with van der Waals surface area (Å²) in [6.45, 7) is 0. The number of hydrogen-bond donors (Lipinski definition) is 2. The van der Waals surface area contributed by atoms with Gasteiger partial charge < -0.3 is 10.4 Å². The van der Waals surface area contributed by atoms with Crippen molar-refractivity contribution in [2.75, 3.05) is 0 Å². The van der Waals surface area contributed by atoms with Crippen LogP contribution in [0.3, 0.4) is 0 Å². The summed E-state index contributed by atoms with van der Waals surface area (Å²) in [6.07, 6.45) is -3.98. The number of halogens is 3. The van der Waals surface area contributed by atoms with Crippen LogP contribution in [0.15, 0.2) is 24.3 Å². The molecule has 2 N–H and O–H groups in total. The summed E-state index contributed by atoms with van der Waals surface area (Å²) >= 11 is 0. The van der Waals surface area contributed by atoms with Crippen LogP contribution in [0.2, 0.25) is 0 Å². The number of rotatable bonds is 2. The molecule has 0 radical (unpaired) electrons. The highest BCUT2D eigenvalue weighted by atomic mass is 19.4. The minimum absolute atomic E-state index is 0.0220. The largest absolute Gasteiger partial charge is 0.416 e. The van der Waals surface area contributed by atoms with E-state index < -0.39 is 23.8 Å². The van der Waals surface area contributed by atoms with Gasteiger partial charge in [0.05, 0.1) is 11.7 Å². The van der Waals surface area contributed by atoms with Crippen molar-refractivity contribution in [3.8, 4) is 0 Å². The van der Waals surface area contributed by atoms with Crippen LogP contribution in [0, 0.1) is 0 Å². The molecule has 2 rings (SSSR count). The maximum atomic E-state index is 12.5. The highest BCUT2D eigenvalue weighted by Crippen LogP contribution is 2.29. The fourth-order valence-corrected chi connectivity index (χ4v) is 1.81. The number of carbonyl (C=O) groups is 1. The number of hydrogen-bond acceptors (Lipinski definition) is 2. The van der Waals surface area contributed by atoms with Gasteiger partial charge in [-0.25, -0.2) is 0 Å². The molecule has 98 valence electrons. The molecule has 1 fully saturated rings. The molecule has 0 unspecified atom stereocenters. The standard InChI is InChI=1S/C12H12F3NO2/c13-12(14,15)8-3-1-2-7(4-8)11(18)16-9-5-10(17)6-9/h1-4,9-10,17H,5-6H2,(H,16,18). The molecule has 1 aromatic rings. The van der Waals surface area contributed by atoms with E-state index in [1.807, 2.05) is 0 Å². The van der Waals surface area contributed by atoms with E-state index in [0.717, 1.165) is 12.1 Å². The van der Waals surface area contributed by atoms with Gasteiger partial charge in [0.15, 0.2) is 0 Å². The minimum Gasteiger partial charge on any atom is -0.393 e. The fraction of sp³-hybridized carbons (Fsp3) is 0.417. The molecule has 1 aliphatic carbocycles. The monoisotopic (exact) mass is 259 g/mol. The van der Waals surface area contributed by atoms with E-state index in [9.17, 15) is 18.0 Å². The Bertz CT molecular complexity index is 453. The second kappa shape index (κ2) is 4.61. The van der Waals surface area contributed by atoms with Crippen LogP contribution in [0.4, 0.5) is 13.2 Å². The molecule has 0 aliphatic heterocycles. The first kappa shape index (κ1) is 12.9. The summed E-state index contributed by atoms with van der Waals surface area (Å²) in [4.78, 5) is 11.7. The van der Waals surface area contributed by atoms with Crippen molar-refractivity contribution in [2.24, 2.45) is 0 Å². The van der Waals surface area contributed by atoms with Gasteiger partial charge in [0.25, 0.3) is 5.91 Å². The Kier molecular flexibility index (Phi) is 3.30. The molecule has 6 heteroatoms. The van der Waals surface area contributed by atoms with Gasteiger partial charge in [0.2, 0.25) is 0 Å². The lowest BCUT2D eigenvalue weighted by atomic mass is 9.89. The molecule has 0 heterocycles. The van der Waals surface area contributed by atoms with Crippen LogP contribution in [-0.2, 0) is 6.18 Å². The van der Waals surface area contributed by atoms with Gasteiger partial charge in [-0.15, -0.1) is 0 Å². The third-order valence-corrected chi connectivity index (χ3v) is 2.90. The first-order chi connectivity index (χ1) is 8.36. The molecule has 0 saturated heterocycles. The number of amides is 1. The summed E-state index contributed by atoms with van der Waals surface area (Å²) in [5.41, 5.74) is -0.866. The topological polar surface area (TPSA) is 49.3 Å². The van der Waals surface area contributed by atoms with Crippen molar-refractivity contribution >= 4 is 5.91 Å². The molecule has 1 aliphatic rings. The highest BCUT2D eigenvalue weighted by Gasteiger charge is 2.32. The van der Waals surface area contributed by atoms with Gasteiger partial charge in [-0.05, 0) is 31.0 Å². The van der Waals surface area contributed by atoms with Gasteiger partial charge >= 0.3 is 6.18 Å². The molecule has 1 aromatic carbocycles. The Hall–Kier alpha value is -1.56. The first-order valence-corrected chi connectivity index (χ1v) is 5.52. The predicted molar refractivity (Wildman–Crippen MR) is 57.9 cm³/mol. The van der Waals surface area contributed by atoms with E-state index >= 15 is 0 Å². The average Bonchev–Trinajstić information content (AvgIpc) is 2.26. The van der Waals surface area contributed by atoms with Crippen molar-refractivity contribution in [1.29, 1.82) is 0 Å². The van der Waals surface area contributed by atoms with Crippen LogP contribution >= 0.6 is 0 Å². The molecule has 3 nitrogen and oxygen atoms in total. The maximum Gasteiger partial charge on any atom is 0.416 e. The van der Waals surface area contributed by atoms with Crippen LogP contribution in [-0.4, -0.2) is 23.2 Å². The quantitative estimate of drug-likeness (QED) is 0.853. The lowest BCUT2D eigenvalue weighted by Crippen LogP contribution is -2.46. The lowest BCUT2D eigenvalue weighted by molar-refractivity contribution is -0.137. The number of benzene rings is 1. The number of alkyl halides is 3. The average molecular weight is 259 g/mol. The Morgan fingerprint density at radius 3 is 2.56 bits per heavy atom. The summed E-state index contributed by atoms with van der Waals surface area (Å²) in [5, 5.41) is 11.6. The van der Waals surface area contributed by atoms with Crippen molar-refractivity contribution in [1.82, 2.24) is 5.32 Å². The van der Waals surface area contributed by atoms with Gasteiger partial charge in [-0.1, -0.05) is 6.07 Å². The molecule has 18 heavy (non-hydrogen) atoms. The number of aliphatic hydroxyl groups is 1. The predicted octanol–water partition coefficient (Wildman–Crippen LogP) is 1.96. The second-order valence-corrected chi connectivity index (χ2v) is 4.37. The molecule has 0 bridgehead atoms. The van der Waals surface area contributed by atoms with Crippen LogP contribution in [0.25, 0.3) is 0 Å². The minimum atomic E-state index is -4.46. The van der Waals surface area contributed by atoms with Crippen molar-refractivity contribution < 1.29 is 23.1 Å². The number of carbonyl (C=O) groups excluding carboxylic acids is 1. The maximum absolute atomic E-state index is 12.5. The molecule has 0 aromatic heterocycles. The van der Waals surface area contributed by atoms with E-state index in [-0.39, 0.29) is 11.6 Å². The molecule has 1 amide bonds. The zero-order valence-electron chi connectivity index (χ0n) is 9.37. The van der Waals surface area contributed by atoms with Gasteiger partial charge in [0.1, 0.15) is 0 Å². The Morgan fingerprint density at radius 1 is 1.33 bits per heavy atom. The Labute approximate surface area is 102 Å². The summed E-state index contributed by atoms with van der Waals surface area (Å²) < 4.78 is 37.4. The summed E-state index contributed by atoms with van der Waals surface area (Å²) in [7, 11) is 0. The van der Waals surface area contributed by atoms with Gasteiger partial charge in [-0.2, -0.15) is 13.2 Å². The Balaban J connectivity index is 2.06. The lowest BCUT2D eigenvalue weighted by Gasteiger charge is -2.31. The zero-order chi connectivity index (χ0) is 13.3. The van der Waals surface area contributed by atoms with Crippen LogP contribution < -0.4 is 5.32 Å². The van der Waals surface area contributed by atoms with Crippen molar-refractivity contribution in [2.45, 2.75) is 31.2 Å². The number of aliphatic hydroxyl groups excluding tert-OH is 1. The molecule has 1 saturated carbocycles. The van der Waals surface area contributed by atoms with E-state index in [0.29, 0.717) is 12.8 Å². The summed E-state index contributed by atoms with van der Waals surface area (Å²) in [5.74, 6) is -0.544. The third-order valence-electron chi connectivity index (χ3n) is 2.90. The Morgan fingerprint density at radius 2 is 2.00 bits per heavy atom. The van der Waals surface area contributed by atoms with Crippen LogP contribution in [0.5, 0.6) is 0 Å². The van der Waals surface area contributed by atoms with E-state index in [1.54, 1.807) is 0 Å². The highest BCUT2D eigenvalue weighted by molar-refractivity contribution is 5.94. The van der Waals surface area contributed by atoms with E-state index in [1.165, 1.54) is 12.1 Å². The number of nitrogens with one attached hydrogen (secondary N) is 1. The SMILES string of the molecule is O=C(NC1CC(O)C1)c1cccc(C(F)(F)F)c1. The van der Waals surface area contributed by atoms with E-state index in [4.69, 9.17) is 5.11 Å². The van der Waals surface area contributed by atoms with Crippen LogP contribution in [0.1, 0.15) is 28.8 Å². The normalized spacial score (nSPS) is 23.3. The second-order valence-electron chi connectivity index (χ2n) is 4.37. The van der Waals surface area contributed by atoms with Gasteiger partial charge in [-0.3, -0.25) is 4.79 Å².